The molecule has 0 spiro atoms. The normalized spacial score (nSPS) is 14.0. The summed E-state index contributed by atoms with van der Waals surface area (Å²) in [6.45, 7) is -1.21. The van der Waals surface area contributed by atoms with Crippen LogP contribution in [0.15, 0.2) is 29.6 Å². The number of rotatable bonds is 4. The molecule has 0 aliphatic rings. The number of benzene rings is 1. The summed E-state index contributed by atoms with van der Waals surface area (Å²) in [5, 5.41) is 3.00. The SMILES string of the molecule is FC(F)(F)COCC(Br)c1csc2ccccc12. The van der Waals surface area contributed by atoms with Crippen molar-refractivity contribution in [3.8, 4) is 0 Å². The third-order valence-electron chi connectivity index (χ3n) is 2.38. The van der Waals surface area contributed by atoms with Gasteiger partial charge in [-0.1, -0.05) is 34.1 Å². The van der Waals surface area contributed by atoms with Crippen molar-refractivity contribution >= 4 is 37.4 Å². The number of hydrogen-bond donors (Lipinski definition) is 0. The molecular formula is C12H10BrF3OS. The fourth-order valence-electron chi connectivity index (χ4n) is 1.61. The smallest absolute Gasteiger partial charge is 0.371 e. The Balaban J connectivity index is 2.03. The summed E-state index contributed by atoms with van der Waals surface area (Å²) in [6.07, 6.45) is -4.27. The maximum atomic E-state index is 12.0. The van der Waals surface area contributed by atoms with Gasteiger partial charge in [0, 0.05) is 4.70 Å². The number of halogens is 4. The fraction of sp³-hybridized carbons (Fsp3) is 0.333. The molecule has 0 saturated heterocycles. The maximum absolute atomic E-state index is 12.0. The van der Waals surface area contributed by atoms with Crippen LogP contribution in [0.4, 0.5) is 13.2 Å². The van der Waals surface area contributed by atoms with Gasteiger partial charge in [0.1, 0.15) is 6.61 Å². The van der Waals surface area contributed by atoms with Crippen molar-refractivity contribution in [1.29, 1.82) is 0 Å². The standard InChI is InChI=1S/C12H10BrF3OS/c13-10(5-17-7-12(14,15)16)9-6-18-11-4-2-1-3-8(9)11/h1-4,6,10H,5,7H2. The van der Waals surface area contributed by atoms with Crippen LogP contribution in [0.25, 0.3) is 10.1 Å². The van der Waals surface area contributed by atoms with E-state index in [2.05, 4.69) is 20.7 Å². The van der Waals surface area contributed by atoms with Crippen molar-refractivity contribution in [3.63, 3.8) is 0 Å². The van der Waals surface area contributed by atoms with Gasteiger partial charge in [-0.05, 0) is 22.4 Å². The molecule has 18 heavy (non-hydrogen) atoms. The second kappa shape index (κ2) is 5.59. The summed E-state index contributed by atoms with van der Waals surface area (Å²) in [4.78, 5) is -0.226. The first-order valence-corrected chi connectivity index (χ1v) is 7.01. The first-order valence-electron chi connectivity index (χ1n) is 5.22. The van der Waals surface area contributed by atoms with Gasteiger partial charge >= 0.3 is 6.18 Å². The minimum Gasteiger partial charge on any atom is -0.371 e. The molecule has 2 rings (SSSR count). The lowest BCUT2D eigenvalue weighted by atomic mass is 10.1. The molecule has 0 amide bonds. The molecule has 0 aliphatic heterocycles. The molecule has 1 atom stereocenters. The Bertz CT molecular complexity index is 523. The monoisotopic (exact) mass is 338 g/mol. The third kappa shape index (κ3) is 3.46. The second-order valence-electron chi connectivity index (χ2n) is 3.79. The summed E-state index contributed by atoms with van der Waals surface area (Å²) in [6, 6.07) is 7.79. The lowest BCUT2D eigenvalue weighted by Crippen LogP contribution is -2.18. The van der Waals surface area contributed by atoms with Gasteiger partial charge in [-0.2, -0.15) is 13.2 Å². The average molecular weight is 339 g/mol. The van der Waals surface area contributed by atoms with Crippen LogP contribution in [0.3, 0.4) is 0 Å². The molecule has 1 unspecified atom stereocenters. The van der Waals surface area contributed by atoms with Crippen LogP contribution in [-0.4, -0.2) is 19.4 Å². The van der Waals surface area contributed by atoms with Gasteiger partial charge in [0.15, 0.2) is 0 Å². The Morgan fingerprint density at radius 3 is 2.72 bits per heavy atom. The van der Waals surface area contributed by atoms with Gasteiger partial charge in [-0.3, -0.25) is 0 Å². The van der Waals surface area contributed by atoms with Crippen LogP contribution in [-0.2, 0) is 4.74 Å². The lowest BCUT2D eigenvalue weighted by molar-refractivity contribution is -0.173. The van der Waals surface area contributed by atoms with E-state index < -0.39 is 12.8 Å². The predicted octanol–water partition coefficient (Wildman–Crippen LogP) is 4.92. The third-order valence-corrected chi connectivity index (χ3v) is 4.12. The molecule has 1 aromatic carbocycles. The quantitative estimate of drug-likeness (QED) is 0.719. The van der Waals surface area contributed by atoms with Crippen molar-refractivity contribution in [3.05, 3.63) is 35.2 Å². The highest BCUT2D eigenvalue weighted by atomic mass is 79.9. The summed E-state index contributed by atoms with van der Waals surface area (Å²) < 4.78 is 41.7. The number of thiophene rings is 1. The zero-order valence-electron chi connectivity index (χ0n) is 9.21. The topological polar surface area (TPSA) is 9.23 Å². The van der Waals surface area contributed by atoms with Gasteiger partial charge in [-0.15, -0.1) is 11.3 Å². The summed E-state index contributed by atoms with van der Waals surface area (Å²) >= 11 is 4.94. The summed E-state index contributed by atoms with van der Waals surface area (Å²) in [7, 11) is 0. The molecule has 0 bridgehead atoms. The second-order valence-corrected chi connectivity index (χ2v) is 5.80. The van der Waals surface area contributed by atoms with E-state index in [9.17, 15) is 13.2 Å². The molecule has 6 heteroatoms. The fourth-order valence-corrected chi connectivity index (χ4v) is 3.36. The average Bonchev–Trinajstić information content (AvgIpc) is 2.70. The van der Waals surface area contributed by atoms with Crippen LogP contribution >= 0.6 is 27.3 Å². The van der Waals surface area contributed by atoms with E-state index in [0.717, 1.165) is 15.6 Å². The molecule has 0 fully saturated rings. The van der Waals surface area contributed by atoms with E-state index in [0.29, 0.717) is 0 Å². The molecule has 0 saturated carbocycles. The van der Waals surface area contributed by atoms with Crippen LogP contribution in [0, 0.1) is 0 Å². The largest absolute Gasteiger partial charge is 0.411 e. The minimum absolute atomic E-state index is 0.000236. The van der Waals surface area contributed by atoms with Crippen molar-refractivity contribution < 1.29 is 17.9 Å². The van der Waals surface area contributed by atoms with Crippen LogP contribution in [0.2, 0.25) is 0 Å². The van der Waals surface area contributed by atoms with Crippen LogP contribution in [0.5, 0.6) is 0 Å². The zero-order chi connectivity index (χ0) is 13.2. The van der Waals surface area contributed by atoms with Crippen LogP contribution < -0.4 is 0 Å². The molecule has 1 nitrogen and oxygen atoms in total. The number of alkyl halides is 4. The van der Waals surface area contributed by atoms with E-state index in [1.165, 1.54) is 0 Å². The number of hydrogen-bond acceptors (Lipinski definition) is 2. The highest BCUT2D eigenvalue weighted by molar-refractivity contribution is 9.09. The van der Waals surface area contributed by atoms with E-state index in [1.807, 2.05) is 29.6 Å². The number of ether oxygens (including phenoxy) is 1. The zero-order valence-corrected chi connectivity index (χ0v) is 11.6. The van der Waals surface area contributed by atoms with Gasteiger partial charge < -0.3 is 4.74 Å². The van der Waals surface area contributed by atoms with Crippen molar-refractivity contribution in [2.24, 2.45) is 0 Å². The van der Waals surface area contributed by atoms with Gasteiger partial charge in [0.25, 0.3) is 0 Å². The predicted molar refractivity (Wildman–Crippen MR) is 70.4 cm³/mol. The number of fused-ring (bicyclic) bond motifs is 1. The summed E-state index contributed by atoms with van der Waals surface area (Å²) in [5.41, 5.74) is 0.970. The first kappa shape index (κ1) is 13.8. The Morgan fingerprint density at radius 1 is 1.28 bits per heavy atom. The van der Waals surface area contributed by atoms with Crippen molar-refractivity contribution in [2.75, 3.05) is 13.2 Å². The molecule has 0 N–H and O–H groups in total. The molecule has 1 heterocycles. The Labute approximate surface area is 115 Å². The lowest BCUT2D eigenvalue weighted by Gasteiger charge is -2.11. The van der Waals surface area contributed by atoms with Gasteiger partial charge in [0.05, 0.1) is 11.4 Å². The Morgan fingerprint density at radius 2 is 2.00 bits per heavy atom. The van der Waals surface area contributed by atoms with Crippen molar-refractivity contribution in [2.45, 2.75) is 11.0 Å². The van der Waals surface area contributed by atoms with Crippen LogP contribution in [0.1, 0.15) is 10.4 Å². The highest BCUT2D eigenvalue weighted by Crippen LogP contribution is 2.34. The Hall–Kier alpha value is -0.590. The molecular weight excluding hydrogens is 329 g/mol. The van der Waals surface area contributed by atoms with Gasteiger partial charge in [-0.25, -0.2) is 0 Å². The highest BCUT2D eigenvalue weighted by Gasteiger charge is 2.28. The molecule has 1 aromatic heterocycles. The first-order chi connectivity index (χ1) is 8.47. The van der Waals surface area contributed by atoms with E-state index in [1.54, 1.807) is 11.3 Å². The molecule has 2 aromatic rings. The molecule has 0 aliphatic carbocycles. The molecule has 0 radical (unpaired) electrons. The summed E-state index contributed by atoms with van der Waals surface area (Å²) in [5.74, 6) is 0. The maximum Gasteiger partial charge on any atom is 0.411 e. The Kier molecular flexibility index (Phi) is 4.29. The van der Waals surface area contributed by atoms with E-state index in [4.69, 9.17) is 0 Å². The van der Waals surface area contributed by atoms with E-state index >= 15 is 0 Å². The van der Waals surface area contributed by atoms with Gasteiger partial charge in [0.2, 0.25) is 0 Å². The minimum atomic E-state index is -4.27. The molecule has 98 valence electrons. The van der Waals surface area contributed by atoms with E-state index in [-0.39, 0.29) is 11.4 Å². The van der Waals surface area contributed by atoms with Crippen molar-refractivity contribution in [1.82, 2.24) is 0 Å².